The van der Waals surface area contributed by atoms with E-state index >= 15 is 0 Å². The summed E-state index contributed by atoms with van der Waals surface area (Å²) < 4.78 is 31.6. The minimum absolute atomic E-state index is 0.104. The predicted molar refractivity (Wildman–Crippen MR) is 129 cm³/mol. The number of rotatable bonds is 11. The lowest BCUT2D eigenvalue weighted by molar-refractivity contribution is -0.140. The lowest BCUT2D eigenvalue weighted by Gasteiger charge is -2.29. The van der Waals surface area contributed by atoms with Crippen LogP contribution >= 0.6 is 0 Å². The van der Waals surface area contributed by atoms with Gasteiger partial charge in [-0.3, -0.25) is 24.1 Å². The first-order valence-electron chi connectivity index (χ1n) is 11.0. The third kappa shape index (κ3) is 12.3. The summed E-state index contributed by atoms with van der Waals surface area (Å²) in [5.41, 5.74) is 6.27. The van der Waals surface area contributed by atoms with Gasteiger partial charge in [-0.2, -0.15) is 8.42 Å². The summed E-state index contributed by atoms with van der Waals surface area (Å²) in [6.07, 6.45) is 3.59. The molecule has 0 spiro atoms. The van der Waals surface area contributed by atoms with E-state index in [1.54, 1.807) is 11.9 Å². The molecule has 0 aromatic heterocycles. The Morgan fingerprint density at radius 2 is 1.91 bits per heavy atom. The Morgan fingerprint density at radius 1 is 1.29 bits per heavy atom. The fourth-order valence-electron chi connectivity index (χ4n) is 3.66. The highest BCUT2D eigenvalue weighted by atomic mass is 32.3. The molecule has 1 aromatic carbocycles. The Labute approximate surface area is 204 Å². The average Bonchev–Trinajstić information content (AvgIpc) is 3.28. The zero-order valence-electron chi connectivity index (χ0n) is 19.5. The summed E-state index contributed by atoms with van der Waals surface area (Å²) in [4.78, 5) is 38.9. The van der Waals surface area contributed by atoms with Gasteiger partial charge in [0.15, 0.2) is 5.96 Å². The second kappa shape index (κ2) is 15.0. The number of likely N-dealkylation sites (N-methyl/N-ethyl adjacent to an activating group) is 1. The average molecular weight is 515 g/mol. The van der Waals surface area contributed by atoms with Crippen LogP contribution in [0.15, 0.2) is 30.3 Å². The predicted octanol–water partition coefficient (Wildman–Crippen LogP) is -0.898. The molecular formula is C21H34N6O7S. The van der Waals surface area contributed by atoms with Crippen LogP contribution in [0.2, 0.25) is 0 Å². The van der Waals surface area contributed by atoms with Crippen molar-refractivity contribution in [3.8, 4) is 0 Å². The number of amides is 2. The molecule has 14 heteroatoms. The number of likely N-dealkylation sites (tertiary alicyclic amines) is 1. The maximum absolute atomic E-state index is 13.1. The SMILES string of the molecule is CN[C@H](Cc1ccccc1)C(=O)N1CCC[C@H]1C(=O)N[C@@H](C=O)CCCNC(=N)N.O=S(=O)(O)O. The number of aldehydes is 1. The van der Waals surface area contributed by atoms with Gasteiger partial charge in [-0.15, -0.1) is 0 Å². The van der Waals surface area contributed by atoms with Gasteiger partial charge >= 0.3 is 10.4 Å². The molecule has 1 fully saturated rings. The lowest BCUT2D eigenvalue weighted by atomic mass is 10.0. The van der Waals surface area contributed by atoms with E-state index in [0.29, 0.717) is 45.1 Å². The molecular weight excluding hydrogens is 480 g/mol. The Bertz CT molecular complexity index is 937. The number of nitrogens with one attached hydrogen (secondary N) is 4. The van der Waals surface area contributed by atoms with Gasteiger partial charge in [0.2, 0.25) is 11.8 Å². The van der Waals surface area contributed by atoms with Crippen molar-refractivity contribution in [2.45, 2.75) is 50.2 Å². The molecule has 1 aromatic rings. The maximum atomic E-state index is 13.1. The molecule has 3 atom stereocenters. The van der Waals surface area contributed by atoms with E-state index in [9.17, 15) is 14.4 Å². The summed E-state index contributed by atoms with van der Waals surface area (Å²) in [6, 6.07) is 8.13. The summed E-state index contributed by atoms with van der Waals surface area (Å²) in [6.45, 7) is 0.977. The van der Waals surface area contributed by atoms with E-state index in [0.717, 1.165) is 12.0 Å². The maximum Gasteiger partial charge on any atom is 0.394 e. The molecule has 0 unspecified atom stereocenters. The highest BCUT2D eigenvalue weighted by molar-refractivity contribution is 7.79. The number of carbonyl (C=O) groups excluding carboxylic acids is 3. The number of nitrogens with zero attached hydrogens (tertiary/aromatic N) is 1. The van der Waals surface area contributed by atoms with E-state index in [1.165, 1.54) is 0 Å². The zero-order chi connectivity index (χ0) is 26.4. The van der Waals surface area contributed by atoms with Crippen molar-refractivity contribution >= 4 is 34.5 Å². The van der Waals surface area contributed by atoms with Gasteiger partial charge in [0.25, 0.3) is 0 Å². The summed E-state index contributed by atoms with van der Waals surface area (Å²) >= 11 is 0. The van der Waals surface area contributed by atoms with Crippen LogP contribution in [0.1, 0.15) is 31.2 Å². The van der Waals surface area contributed by atoms with Crippen molar-refractivity contribution in [2.24, 2.45) is 5.73 Å². The minimum Gasteiger partial charge on any atom is -0.370 e. The monoisotopic (exact) mass is 514 g/mol. The molecule has 0 saturated carbocycles. The van der Waals surface area contributed by atoms with Crippen molar-refractivity contribution < 1.29 is 31.9 Å². The minimum atomic E-state index is -4.67. The van der Waals surface area contributed by atoms with E-state index in [2.05, 4.69) is 16.0 Å². The Kier molecular flexibility index (Phi) is 12.9. The number of hydrogen-bond acceptors (Lipinski definition) is 7. The zero-order valence-corrected chi connectivity index (χ0v) is 20.3. The smallest absolute Gasteiger partial charge is 0.370 e. The highest BCUT2D eigenvalue weighted by Crippen LogP contribution is 2.20. The standard InChI is InChI=1S/C21H32N6O3.H2O4S/c1-24-17(13-15-7-3-2-4-8-15)20(30)27-12-6-10-18(27)19(29)26-16(14-28)9-5-11-25-21(22)23;1-5(2,3)4/h2-4,7-8,14,16-18,24H,5-6,9-13H2,1H3,(H,26,29)(H4,22,23,25);(H2,1,2,3,4)/t16-,17-,18+;/m1./s1. The Balaban J connectivity index is 0.00000111. The second-order valence-corrected chi connectivity index (χ2v) is 8.80. The van der Waals surface area contributed by atoms with Crippen molar-refractivity contribution in [3.05, 3.63) is 35.9 Å². The lowest BCUT2D eigenvalue weighted by Crippen LogP contribution is -2.54. The fraction of sp³-hybridized carbons (Fsp3) is 0.524. The van der Waals surface area contributed by atoms with E-state index < -0.39 is 28.5 Å². The van der Waals surface area contributed by atoms with Gasteiger partial charge in [-0.05, 0) is 44.7 Å². The van der Waals surface area contributed by atoms with Crippen molar-refractivity contribution in [1.82, 2.24) is 20.9 Å². The first-order chi connectivity index (χ1) is 16.5. The fourth-order valence-corrected chi connectivity index (χ4v) is 3.66. The molecule has 2 amide bonds. The molecule has 0 aliphatic carbocycles. The van der Waals surface area contributed by atoms with Crippen LogP contribution in [0.4, 0.5) is 0 Å². The van der Waals surface area contributed by atoms with Crippen molar-refractivity contribution in [1.29, 1.82) is 5.41 Å². The number of nitrogens with two attached hydrogens (primary N) is 1. The molecule has 35 heavy (non-hydrogen) atoms. The quantitative estimate of drug-likeness (QED) is 0.0635. The summed E-state index contributed by atoms with van der Waals surface area (Å²) in [5.74, 6) is -0.532. The van der Waals surface area contributed by atoms with E-state index in [1.807, 2.05) is 30.3 Å². The van der Waals surface area contributed by atoms with Crippen LogP contribution in [0.5, 0.6) is 0 Å². The van der Waals surface area contributed by atoms with Gasteiger partial charge in [-0.25, -0.2) is 0 Å². The largest absolute Gasteiger partial charge is 0.394 e. The molecule has 1 saturated heterocycles. The molecule has 2 rings (SSSR count). The molecule has 1 heterocycles. The first-order valence-corrected chi connectivity index (χ1v) is 12.4. The van der Waals surface area contributed by atoms with E-state index in [4.69, 9.17) is 28.7 Å². The molecule has 13 nitrogen and oxygen atoms in total. The number of carbonyl (C=O) groups is 3. The number of hydrogen-bond donors (Lipinski definition) is 7. The topological polar surface area (TPSA) is 215 Å². The van der Waals surface area contributed by atoms with Crippen LogP contribution in [0.3, 0.4) is 0 Å². The molecule has 0 radical (unpaired) electrons. The number of benzene rings is 1. The van der Waals surface area contributed by atoms with Gasteiger partial charge in [0, 0.05) is 13.1 Å². The van der Waals surface area contributed by atoms with E-state index in [-0.39, 0.29) is 17.8 Å². The second-order valence-electron chi connectivity index (χ2n) is 7.90. The van der Waals surface area contributed by atoms with Crippen LogP contribution in [-0.2, 0) is 31.2 Å². The van der Waals surface area contributed by atoms with Gasteiger partial charge < -0.3 is 31.4 Å². The van der Waals surface area contributed by atoms with Crippen LogP contribution in [0.25, 0.3) is 0 Å². The highest BCUT2D eigenvalue weighted by Gasteiger charge is 2.37. The third-order valence-electron chi connectivity index (χ3n) is 5.27. The van der Waals surface area contributed by atoms with Crippen molar-refractivity contribution in [2.75, 3.05) is 20.1 Å². The van der Waals surface area contributed by atoms with Gasteiger partial charge in [0.05, 0.1) is 12.1 Å². The van der Waals surface area contributed by atoms with Crippen molar-refractivity contribution in [3.63, 3.8) is 0 Å². The first kappa shape index (κ1) is 30.0. The molecule has 8 N–H and O–H groups in total. The van der Waals surface area contributed by atoms with Crippen LogP contribution < -0.4 is 21.7 Å². The Hall–Kier alpha value is -3.07. The van der Waals surface area contributed by atoms with Crippen LogP contribution in [0, 0.1) is 5.41 Å². The molecule has 1 aliphatic rings. The summed E-state index contributed by atoms with van der Waals surface area (Å²) in [5, 5.41) is 15.6. The number of guanidine groups is 1. The molecule has 0 bridgehead atoms. The van der Waals surface area contributed by atoms with Gasteiger partial charge in [-0.1, -0.05) is 30.3 Å². The Morgan fingerprint density at radius 3 is 2.46 bits per heavy atom. The normalized spacial score (nSPS) is 16.9. The molecule has 1 aliphatic heterocycles. The molecule has 196 valence electrons. The third-order valence-corrected chi connectivity index (χ3v) is 5.27. The van der Waals surface area contributed by atoms with Crippen LogP contribution in [-0.4, -0.2) is 84.7 Å². The van der Waals surface area contributed by atoms with Gasteiger partial charge in [0.1, 0.15) is 12.3 Å². The summed E-state index contributed by atoms with van der Waals surface area (Å²) in [7, 11) is -2.92.